The Kier molecular flexibility index (Phi) is 5.67. The summed E-state index contributed by atoms with van der Waals surface area (Å²) in [5.74, 6) is 0. The van der Waals surface area contributed by atoms with Crippen LogP contribution < -0.4 is 0 Å². The van der Waals surface area contributed by atoms with E-state index in [1.807, 2.05) is 13.8 Å². The van der Waals surface area contributed by atoms with Crippen LogP contribution in [-0.2, 0) is 4.74 Å². The summed E-state index contributed by atoms with van der Waals surface area (Å²) in [7, 11) is 18.4. The van der Waals surface area contributed by atoms with Gasteiger partial charge >= 0.3 is 102 Å². The average molecular weight is 375 g/mol. The van der Waals surface area contributed by atoms with E-state index in [4.69, 9.17) is 31.6 Å². The van der Waals surface area contributed by atoms with Crippen LogP contribution >= 0.6 is 26.9 Å². The van der Waals surface area contributed by atoms with Crippen molar-refractivity contribution >= 4 is 41.7 Å². The van der Waals surface area contributed by atoms with Crippen molar-refractivity contribution in [1.82, 2.24) is 0 Å². The van der Waals surface area contributed by atoms with Gasteiger partial charge in [0.05, 0.1) is 0 Å². The topological polar surface area (TPSA) is 9.23 Å². The molecule has 0 heterocycles. The zero-order chi connectivity index (χ0) is 10.8. The van der Waals surface area contributed by atoms with E-state index in [1.165, 1.54) is 12.8 Å². The minimum atomic E-state index is -3.11. The van der Waals surface area contributed by atoms with Gasteiger partial charge in [-0.25, -0.2) is 0 Å². The summed E-state index contributed by atoms with van der Waals surface area (Å²) in [5.41, 5.74) is 0. The first-order valence-electron chi connectivity index (χ1n) is 4.97. The summed E-state index contributed by atoms with van der Waals surface area (Å²) in [6.07, 6.45) is 4.91. The molecule has 0 saturated heterocycles. The Hall–Kier alpha value is 1.62. The van der Waals surface area contributed by atoms with Crippen molar-refractivity contribution in [2.45, 2.75) is 55.7 Å². The molecule has 2 atom stereocenters. The Morgan fingerprint density at radius 3 is 2.21 bits per heavy atom. The van der Waals surface area contributed by atoms with Crippen LogP contribution in [0.4, 0.5) is 0 Å². The molecule has 0 N–H and O–H groups in total. The second-order valence-electron chi connectivity index (χ2n) is 3.99. The van der Waals surface area contributed by atoms with E-state index < -0.39 is 14.8 Å². The van der Waals surface area contributed by atoms with E-state index in [-0.39, 0.29) is 16.2 Å². The number of rotatable bonds is 3. The van der Waals surface area contributed by atoms with Gasteiger partial charge in [-0.1, -0.05) is 0 Å². The standard InChI is InChI=1S/C9H17Cl3OTe/c1-7(2)13-8-5-3-4-6-9(8)14(10,11)12/h7-9H,3-6H2,1-2H3/t8-,9-/m1/s1. The predicted molar refractivity (Wildman–Crippen MR) is 65.5 cm³/mol. The quantitative estimate of drug-likeness (QED) is 0.666. The maximum atomic E-state index is 6.13. The molecule has 0 aliphatic heterocycles. The van der Waals surface area contributed by atoms with Gasteiger partial charge in [0, 0.05) is 0 Å². The molecule has 14 heavy (non-hydrogen) atoms. The molecular weight excluding hydrogens is 358 g/mol. The molecule has 1 rings (SSSR count). The summed E-state index contributed by atoms with van der Waals surface area (Å²) < 4.78 is 6.06. The summed E-state index contributed by atoms with van der Waals surface area (Å²) >= 11 is -3.11. The van der Waals surface area contributed by atoms with Crippen LogP contribution in [0.15, 0.2) is 0 Å². The van der Waals surface area contributed by atoms with Crippen molar-refractivity contribution in [3.63, 3.8) is 0 Å². The van der Waals surface area contributed by atoms with Crippen LogP contribution in [0.5, 0.6) is 0 Å². The third-order valence-corrected chi connectivity index (χ3v) is 10.5. The second kappa shape index (κ2) is 5.80. The van der Waals surface area contributed by atoms with Crippen molar-refractivity contribution in [2.75, 3.05) is 0 Å². The van der Waals surface area contributed by atoms with Crippen molar-refractivity contribution < 1.29 is 4.74 Å². The molecule has 1 nitrogen and oxygen atoms in total. The first-order valence-corrected chi connectivity index (χ1v) is 15.2. The first-order chi connectivity index (χ1) is 6.41. The Balaban J connectivity index is 2.59. The first kappa shape index (κ1) is 13.7. The molecule has 1 fully saturated rings. The summed E-state index contributed by atoms with van der Waals surface area (Å²) in [6.45, 7) is 4.08. The van der Waals surface area contributed by atoms with E-state index in [0.717, 1.165) is 12.8 Å². The molecule has 0 bridgehead atoms. The molecule has 1 saturated carbocycles. The minimum absolute atomic E-state index is 0.192. The fourth-order valence-electron chi connectivity index (χ4n) is 1.87. The third-order valence-electron chi connectivity index (χ3n) is 2.43. The number of halogens is 3. The number of hydrogen-bond acceptors (Lipinski definition) is 1. The molecule has 0 amide bonds. The van der Waals surface area contributed by atoms with Crippen molar-refractivity contribution in [3.05, 3.63) is 0 Å². The fourth-order valence-corrected chi connectivity index (χ4v) is 8.77. The summed E-state index contributed by atoms with van der Waals surface area (Å²) in [5, 5.41) is 0. The number of ether oxygens (including phenoxy) is 1. The van der Waals surface area contributed by atoms with E-state index in [1.54, 1.807) is 0 Å². The molecule has 1 aliphatic rings. The summed E-state index contributed by atoms with van der Waals surface area (Å²) in [6, 6.07) is 0. The van der Waals surface area contributed by atoms with Gasteiger partial charge in [-0.05, 0) is 0 Å². The Morgan fingerprint density at radius 1 is 1.14 bits per heavy atom. The maximum absolute atomic E-state index is 6.13. The van der Waals surface area contributed by atoms with Gasteiger partial charge in [0.2, 0.25) is 0 Å². The van der Waals surface area contributed by atoms with Gasteiger partial charge in [-0.15, -0.1) is 0 Å². The molecule has 1 aliphatic carbocycles. The molecule has 86 valence electrons. The van der Waals surface area contributed by atoms with E-state index in [9.17, 15) is 0 Å². The van der Waals surface area contributed by atoms with Crippen LogP contribution in [-0.4, -0.2) is 27.0 Å². The molecule has 0 radical (unpaired) electrons. The van der Waals surface area contributed by atoms with Gasteiger partial charge in [0.15, 0.2) is 0 Å². The second-order valence-corrected chi connectivity index (χ2v) is 21.2. The Labute approximate surface area is 101 Å². The van der Waals surface area contributed by atoms with E-state index in [0.29, 0.717) is 0 Å². The van der Waals surface area contributed by atoms with Crippen LogP contribution in [0.25, 0.3) is 0 Å². The normalized spacial score (nSPS) is 30.7. The van der Waals surface area contributed by atoms with E-state index >= 15 is 0 Å². The monoisotopic (exact) mass is 376 g/mol. The van der Waals surface area contributed by atoms with Crippen LogP contribution in [0.2, 0.25) is 3.97 Å². The van der Waals surface area contributed by atoms with Gasteiger partial charge in [-0.3, -0.25) is 0 Å². The Morgan fingerprint density at radius 2 is 1.71 bits per heavy atom. The molecule has 0 aromatic carbocycles. The summed E-state index contributed by atoms with van der Waals surface area (Å²) in [4.78, 5) is 0. The van der Waals surface area contributed by atoms with Gasteiger partial charge in [-0.2, -0.15) is 0 Å². The third kappa shape index (κ3) is 4.24. The Bertz CT molecular complexity index is 181. The van der Waals surface area contributed by atoms with Crippen molar-refractivity contribution in [2.24, 2.45) is 0 Å². The van der Waals surface area contributed by atoms with Crippen LogP contribution in [0, 0.1) is 0 Å². The van der Waals surface area contributed by atoms with Gasteiger partial charge < -0.3 is 0 Å². The number of hydrogen-bond donors (Lipinski definition) is 0. The van der Waals surface area contributed by atoms with Gasteiger partial charge in [0.1, 0.15) is 0 Å². The fraction of sp³-hybridized carbons (Fsp3) is 1.00. The van der Waals surface area contributed by atoms with Crippen LogP contribution in [0.3, 0.4) is 0 Å². The van der Waals surface area contributed by atoms with Crippen LogP contribution in [0.1, 0.15) is 39.5 Å². The SMILES string of the molecule is CC(C)O[C@@H]1CCCC[C@H]1[Te](Cl)(Cl)Cl. The van der Waals surface area contributed by atoms with Gasteiger partial charge in [0.25, 0.3) is 0 Å². The van der Waals surface area contributed by atoms with Crippen molar-refractivity contribution in [1.29, 1.82) is 0 Å². The molecule has 0 spiro atoms. The molecule has 0 aromatic rings. The van der Waals surface area contributed by atoms with Crippen molar-refractivity contribution in [3.8, 4) is 0 Å². The average Bonchev–Trinajstić information content (AvgIpc) is 2.01. The molecular formula is C9H17Cl3OTe. The zero-order valence-corrected chi connectivity index (χ0v) is 13.1. The zero-order valence-electron chi connectivity index (χ0n) is 8.51. The molecule has 5 heteroatoms. The van der Waals surface area contributed by atoms with E-state index in [2.05, 4.69) is 0 Å². The molecule has 0 unspecified atom stereocenters. The predicted octanol–water partition coefficient (Wildman–Crippen LogP) is 4.38. The molecule has 0 aromatic heterocycles.